The zero-order valence-corrected chi connectivity index (χ0v) is 19.8. The number of nitrogens with zero attached hydrogens (tertiary/aromatic N) is 2. The molecular weight excluding hydrogens is 412 g/mol. The molecule has 0 aromatic heterocycles. The average molecular weight is 445 g/mol. The van der Waals surface area contributed by atoms with Gasteiger partial charge in [0.25, 0.3) is 0 Å². The molecule has 1 heterocycles. The number of rotatable bonds is 6. The van der Waals surface area contributed by atoms with Crippen molar-refractivity contribution in [2.24, 2.45) is 0 Å². The van der Waals surface area contributed by atoms with Crippen LogP contribution in [0, 0.1) is 0 Å². The van der Waals surface area contributed by atoms with Gasteiger partial charge in [0.2, 0.25) is 10.0 Å². The van der Waals surface area contributed by atoms with E-state index in [1.807, 2.05) is 24.3 Å². The van der Waals surface area contributed by atoms with Crippen LogP contribution in [0.3, 0.4) is 0 Å². The monoisotopic (exact) mass is 444 g/mol. The van der Waals surface area contributed by atoms with Crippen LogP contribution in [-0.4, -0.2) is 45.9 Å². The number of sulfonamides is 1. The SMILES string of the molecule is CN(C)S(=O)(=O)c1ccc(N2CCCC2)c(C(=O)OCc2ccc(C(C)(C)C)cc2)c1. The van der Waals surface area contributed by atoms with E-state index in [9.17, 15) is 13.2 Å². The van der Waals surface area contributed by atoms with Gasteiger partial charge < -0.3 is 9.64 Å². The van der Waals surface area contributed by atoms with Gasteiger partial charge in [-0.15, -0.1) is 0 Å². The van der Waals surface area contributed by atoms with E-state index in [0.29, 0.717) is 0 Å². The first-order valence-corrected chi connectivity index (χ1v) is 12.0. The van der Waals surface area contributed by atoms with Crippen molar-refractivity contribution < 1.29 is 17.9 Å². The van der Waals surface area contributed by atoms with E-state index in [4.69, 9.17) is 4.74 Å². The normalized spacial score (nSPS) is 14.8. The summed E-state index contributed by atoms with van der Waals surface area (Å²) < 4.78 is 31.9. The topological polar surface area (TPSA) is 66.9 Å². The van der Waals surface area contributed by atoms with E-state index in [1.165, 1.54) is 25.7 Å². The summed E-state index contributed by atoms with van der Waals surface area (Å²) in [6.07, 6.45) is 2.10. The molecule has 3 rings (SSSR count). The van der Waals surface area contributed by atoms with Gasteiger partial charge in [0, 0.05) is 27.2 Å². The average Bonchev–Trinajstić information content (AvgIpc) is 3.25. The Kier molecular flexibility index (Phi) is 6.76. The number of hydrogen-bond acceptors (Lipinski definition) is 5. The number of anilines is 1. The van der Waals surface area contributed by atoms with Gasteiger partial charge in [-0.25, -0.2) is 17.5 Å². The third-order valence-corrected chi connectivity index (χ3v) is 7.41. The predicted octanol–water partition coefficient (Wildman–Crippen LogP) is 4.19. The molecule has 0 saturated carbocycles. The van der Waals surface area contributed by atoms with Gasteiger partial charge in [-0.1, -0.05) is 45.0 Å². The van der Waals surface area contributed by atoms with Crippen LogP contribution < -0.4 is 4.90 Å². The molecule has 0 unspecified atom stereocenters. The Balaban J connectivity index is 1.85. The van der Waals surface area contributed by atoms with Crippen molar-refractivity contribution in [1.29, 1.82) is 0 Å². The summed E-state index contributed by atoms with van der Waals surface area (Å²) in [4.78, 5) is 15.2. The van der Waals surface area contributed by atoms with Gasteiger partial charge in [0.05, 0.1) is 16.1 Å². The van der Waals surface area contributed by atoms with Crippen molar-refractivity contribution in [1.82, 2.24) is 4.31 Å². The highest BCUT2D eigenvalue weighted by molar-refractivity contribution is 7.89. The molecule has 0 bridgehead atoms. The summed E-state index contributed by atoms with van der Waals surface area (Å²) in [5, 5.41) is 0. The zero-order valence-electron chi connectivity index (χ0n) is 19.0. The summed E-state index contributed by atoms with van der Waals surface area (Å²) >= 11 is 0. The van der Waals surface area contributed by atoms with Gasteiger partial charge in [0.15, 0.2) is 0 Å². The summed E-state index contributed by atoms with van der Waals surface area (Å²) in [7, 11) is -0.702. The Morgan fingerprint density at radius 3 is 2.19 bits per heavy atom. The third kappa shape index (κ3) is 5.28. The van der Waals surface area contributed by atoms with Gasteiger partial charge in [-0.3, -0.25) is 0 Å². The van der Waals surface area contributed by atoms with E-state index in [-0.39, 0.29) is 22.5 Å². The Bertz CT molecular complexity index is 1030. The Morgan fingerprint density at radius 1 is 1.03 bits per heavy atom. The quantitative estimate of drug-likeness (QED) is 0.625. The van der Waals surface area contributed by atoms with Crippen LogP contribution in [0.15, 0.2) is 47.4 Å². The first kappa shape index (κ1) is 23.3. The largest absolute Gasteiger partial charge is 0.457 e. The van der Waals surface area contributed by atoms with Crippen molar-refractivity contribution in [3.05, 3.63) is 59.2 Å². The summed E-state index contributed by atoms with van der Waals surface area (Å²) in [6.45, 7) is 8.26. The Morgan fingerprint density at radius 2 is 1.65 bits per heavy atom. The minimum atomic E-state index is -3.65. The van der Waals surface area contributed by atoms with E-state index in [0.717, 1.165) is 41.5 Å². The molecule has 0 atom stereocenters. The summed E-state index contributed by atoms with van der Waals surface area (Å²) in [5.74, 6) is -0.516. The summed E-state index contributed by atoms with van der Waals surface area (Å²) in [6, 6.07) is 12.7. The molecule has 0 spiro atoms. The van der Waals surface area contributed by atoms with Crippen molar-refractivity contribution in [3.8, 4) is 0 Å². The van der Waals surface area contributed by atoms with Crippen molar-refractivity contribution in [3.63, 3.8) is 0 Å². The van der Waals surface area contributed by atoms with Gasteiger partial charge in [-0.2, -0.15) is 0 Å². The molecule has 31 heavy (non-hydrogen) atoms. The van der Waals surface area contributed by atoms with Crippen LogP contribution in [0.5, 0.6) is 0 Å². The second-order valence-corrected chi connectivity index (χ2v) is 11.3. The van der Waals surface area contributed by atoms with Crippen LogP contribution in [0.4, 0.5) is 5.69 Å². The van der Waals surface area contributed by atoms with Crippen LogP contribution >= 0.6 is 0 Å². The van der Waals surface area contributed by atoms with Gasteiger partial charge in [0.1, 0.15) is 6.61 Å². The third-order valence-electron chi connectivity index (χ3n) is 5.60. The minimum absolute atomic E-state index is 0.0538. The maximum atomic E-state index is 13.0. The van der Waals surface area contributed by atoms with Crippen molar-refractivity contribution >= 4 is 21.7 Å². The molecule has 1 aliphatic rings. The minimum Gasteiger partial charge on any atom is -0.457 e. The Labute approximate surface area is 185 Å². The molecule has 1 fully saturated rings. The number of ether oxygens (including phenoxy) is 1. The van der Waals surface area contributed by atoms with Crippen LogP contribution in [0.25, 0.3) is 0 Å². The fourth-order valence-electron chi connectivity index (χ4n) is 3.61. The fourth-order valence-corrected chi connectivity index (χ4v) is 4.54. The highest BCUT2D eigenvalue weighted by atomic mass is 32.2. The smallest absolute Gasteiger partial charge is 0.340 e. The lowest BCUT2D eigenvalue weighted by atomic mass is 9.87. The van der Waals surface area contributed by atoms with Crippen LogP contribution in [0.1, 0.15) is 55.1 Å². The zero-order chi connectivity index (χ0) is 22.8. The summed E-state index contributed by atoms with van der Waals surface area (Å²) in [5.41, 5.74) is 3.17. The second kappa shape index (κ2) is 9.01. The lowest BCUT2D eigenvalue weighted by Crippen LogP contribution is -2.24. The second-order valence-electron chi connectivity index (χ2n) is 9.18. The molecule has 6 nitrogen and oxygen atoms in total. The number of carbonyl (C=O) groups excluding carboxylic acids is 1. The molecular formula is C24H32N2O4S. The molecule has 0 aliphatic carbocycles. The van der Waals surface area contributed by atoms with Crippen LogP contribution in [-0.2, 0) is 26.8 Å². The van der Waals surface area contributed by atoms with E-state index in [2.05, 4.69) is 25.7 Å². The van der Waals surface area contributed by atoms with Gasteiger partial charge in [-0.05, 0) is 47.6 Å². The molecule has 2 aromatic carbocycles. The van der Waals surface area contributed by atoms with E-state index >= 15 is 0 Å². The molecule has 1 aliphatic heterocycles. The maximum Gasteiger partial charge on any atom is 0.340 e. The highest BCUT2D eigenvalue weighted by Crippen LogP contribution is 2.29. The Hall–Kier alpha value is -2.38. The molecule has 2 aromatic rings. The highest BCUT2D eigenvalue weighted by Gasteiger charge is 2.25. The van der Waals surface area contributed by atoms with E-state index < -0.39 is 16.0 Å². The molecule has 1 saturated heterocycles. The first-order valence-electron chi connectivity index (χ1n) is 10.6. The standard InChI is InChI=1S/C24H32N2O4S/c1-24(2,3)19-10-8-18(9-11-19)17-30-23(27)21-16-20(31(28,29)25(4)5)12-13-22(21)26-14-6-7-15-26/h8-13,16H,6-7,14-15,17H2,1-5H3. The number of benzene rings is 2. The molecule has 7 heteroatoms. The molecule has 0 amide bonds. The maximum absolute atomic E-state index is 13.0. The van der Waals surface area contributed by atoms with E-state index in [1.54, 1.807) is 12.1 Å². The lowest BCUT2D eigenvalue weighted by Gasteiger charge is -2.22. The molecule has 168 valence electrons. The molecule has 0 radical (unpaired) electrons. The van der Waals surface area contributed by atoms with Crippen molar-refractivity contribution in [2.75, 3.05) is 32.1 Å². The van der Waals surface area contributed by atoms with Crippen LogP contribution in [0.2, 0.25) is 0 Å². The molecule has 0 N–H and O–H groups in total. The lowest BCUT2D eigenvalue weighted by molar-refractivity contribution is 0.0473. The number of esters is 1. The van der Waals surface area contributed by atoms with Crippen molar-refractivity contribution in [2.45, 2.75) is 50.5 Å². The van der Waals surface area contributed by atoms with Gasteiger partial charge >= 0.3 is 5.97 Å². The number of hydrogen-bond donors (Lipinski definition) is 0. The first-order chi connectivity index (χ1) is 14.5. The number of carbonyl (C=O) groups is 1. The predicted molar refractivity (Wildman–Crippen MR) is 123 cm³/mol. The fraction of sp³-hybridized carbons (Fsp3) is 0.458.